The number of fused-ring (bicyclic) bond motifs is 1. The highest BCUT2D eigenvalue weighted by atomic mass is 35.5. The second-order valence-corrected chi connectivity index (χ2v) is 8.54. The molecule has 3 heterocycles. The molecule has 0 radical (unpaired) electrons. The van der Waals surface area contributed by atoms with Gasteiger partial charge < -0.3 is 24.9 Å². The maximum Gasteiger partial charge on any atom is 0.323 e. The third-order valence-electron chi connectivity index (χ3n) is 4.90. The van der Waals surface area contributed by atoms with Crippen molar-refractivity contribution in [3.63, 3.8) is 0 Å². The Morgan fingerprint density at radius 3 is 2.50 bits per heavy atom. The molecule has 2 saturated heterocycles. The summed E-state index contributed by atoms with van der Waals surface area (Å²) in [5.41, 5.74) is 0.613. The number of carbonyl (C=O) groups is 1. The van der Waals surface area contributed by atoms with Crippen molar-refractivity contribution in [1.82, 2.24) is 24.5 Å². The second kappa shape index (κ2) is 8.21. The molecule has 1 amide bonds. The quantitative estimate of drug-likeness (QED) is 0.578. The number of hydrogen-bond acceptors (Lipinski definition) is 6. The molecule has 1 atom stereocenters. The number of hydrogen-bond donors (Lipinski definition) is 3. The molecular weight excluding hydrogens is 410 g/mol. The Morgan fingerprint density at radius 1 is 1.11 bits per heavy atom. The van der Waals surface area contributed by atoms with Gasteiger partial charge in [0.1, 0.15) is 6.04 Å². The molecule has 2 aliphatic heterocycles. The number of piperazine rings is 1. The molecule has 1 aromatic carbocycles. The number of halogens is 1. The first-order valence-corrected chi connectivity index (χ1v) is 10.2. The lowest BCUT2D eigenvalue weighted by molar-refractivity contribution is -0.137. The van der Waals surface area contributed by atoms with Crippen molar-refractivity contribution in [1.29, 1.82) is 0 Å². The number of sulfonamides is 1. The summed E-state index contributed by atoms with van der Waals surface area (Å²) >= 11 is 0. The maximum atomic E-state index is 12.9. The first kappa shape index (κ1) is 20.8. The predicted molar refractivity (Wildman–Crippen MR) is 104 cm³/mol. The first-order chi connectivity index (χ1) is 12.9. The van der Waals surface area contributed by atoms with Gasteiger partial charge in [-0.2, -0.15) is 4.31 Å². The molecule has 28 heavy (non-hydrogen) atoms. The number of benzene rings is 1. The van der Waals surface area contributed by atoms with E-state index in [1.807, 2.05) is 0 Å². The van der Waals surface area contributed by atoms with E-state index in [2.05, 4.69) is 15.3 Å². The number of morpholine rings is 1. The highest BCUT2D eigenvalue weighted by Crippen LogP contribution is 2.21. The van der Waals surface area contributed by atoms with Gasteiger partial charge in [0, 0.05) is 32.7 Å². The van der Waals surface area contributed by atoms with E-state index in [1.165, 1.54) is 16.4 Å². The number of aromatic nitrogens is 2. The molecular formula is C16H22ClN5O5S. The molecule has 0 aliphatic carbocycles. The molecule has 3 N–H and O–H groups in total. The summed E-state index contributed by atoms with van der Waals surface area (Å²) < 4.78 is 32.5. The van der Waals surface area contributed by atoms with Gasteiger partial charge in [-0.3, -0.25) is 4.79 Å². The molecule has 154 valence electrons. The van der Waals surface area contributed by atoms with Crippen LogP contribution in [0.15, 0.2) is 27.9 Å². The number of ether oxygens (including phenoxy) is 1. The van der Waals surface area contributed by atoms with Crippen LogP contribution in [0.2, 0.25) is 0 Å². The van der Waals surface area contributed by atoms with E-state index < -0.39 is 10.0 Å². The summed E-state index contributed by atoms with van der Waals surface area (Å²) in [6.45, 7) is 2.68. The fraction of sp³-hybridized carbons (Fsp3) is 0.500. The molecule has 0 saturated carbocycles. The zero-order valence-electron chi connectivity index (χ0n) is 15.0. The van der Waals surface area contributed by atoms with Crippen LogP contribution in [0.4, 0.5) is 0 Å². The number of carbonyl (C=O) groups excluding carboxylic acids is 1. The average molecular weight is 432 g/mol. The van der Waals surface area contributed by atoms with Crippen molar-refractivity contribution in [2.75, 3.05) is 45.9 Å². The molecule has 2 aromatic rings. The number of aromatic amines is 2. The molecule has 2 aliphatic rings. The van der Waals surface area contributed by atoms with Crippen LogP contribution in [0, 0.1) is 0 Å². The minimum absolute atomic E-state index is 0. The third-order valence-corrected chi connectivity index (χ3v) is 6.79. The van der Waals surface area contributed by atoms with E-state index in [0.717, 1.165) is 0 Å². The lowest BCUT2D eigenvalue weighted by Gasteiger charge is -2.36. The number of H-pyrrole nitrogens is 2. The average Bonchev–Trinajstić information content (AvgIpc) is 3.07. The standard InChI is InChI=1S/C16H21N5O5S.ClH/c22-15(14-10-26-8-3-17-14)20-4-6-21(7-5-20)27(24,25)11-1-2-12-13(9-11)19-16(23)18-12;/h1-2,9,14,17H,3-8,10H2,(H2,18,19,23);1H. The van der Waals surface area contributed by atoms with Crippen LogP contribution in [0.5, 0.6) is 0 Å². The van der Waals surface area contributed by atoms with E-state index in [0.29, 0.717) is 43.9 Å². The Kier molecular flexibility index (Phi) is 6.10. The lowest BCUT2D eigenvalue weighted by Crippen LogP contribution is -2.57. The maximum absolute atomic E-state index is 12.9. The monoisotopic (exact) mass is 431 g/mol. The van der Waals surface area contributed by atoms with Gasteiger partial charge >= 0.3 is 5.69 Å². The van der Waals surface area contributed by atoms with E-state index >= 15 is 0 Å². The molecule has 10 nitrogen and oxygen atoms in total. The number of imidazole rings is 1. The van der Waals surface area contributed by atoms with Crippen molar-refractivity contribution < 1.29 is 17.9 Å². The van der Waals surface area contributed by atoms with Gasteiger partial charge in [-0.15, -0.1) is 12.4 Å². The van der Waals surface area contributed by atoms with Gasteiger partial charge in [-0.1, -0.05) is 0 Å². The lowest BCUT2D eigenvalue weighted by atomic mass is 10.2. The van der Waals surface area contributed by atoms with Crippen molar-refractivity contribution in [2.24, 2.45) is 0 Å². The summed E-state index contributed by atoms with van der Waals surface area (Å²) in [5, 5.41) is 3.12. The Hall–Kier alpha value is -1.92. The summed E-state index contributed by atoms with van der Waals surface area (Å²) in [6.07, 6.45) is 0. The Balaban J connectivity index is 0.00000225. The Morgan fingerprint density at radius 2 is 1.82 bits per heavy atom. The summed E-state index contributed by atoms with van der Waals surface area (Å²) in [6, 6.07) is 4.12. The topological polar surface area (TPSA) is 128 Å². The summed E-state index contributed by atoms with van der Waals surface area (Å²) in [5.74, 6) is -0.0573. The molecule has 12 heteroatoms. The van der Waals surface area contributed by atoms with Crippen LogP contribution in [0.1, 0.15) is 0 Å². The second-order valence-electron chi connectivity index (χ2n) is 6.60. The third kappa shape index (κ3) is 3.94. The van der Waals surface area contributed by atoms with Crippen molar-refractivity contribution in [2.45, 2.75) is 10.9 Å². The first-order valence-electron chi connectivity index (χ1n) is 8.77. The fourth-order valence-corrected chi connectivity index (χ4v) is 4.86. The van der Waals surface area contributed by atoms with Crippen molar-refractivity contribution in [3.8, 4) is 0 Å². The van der Waals surface area contributed by atoms with Crippen LogP contribution in [-0.2, 0) is 19.6 Å². The van der Waals surface area contributed by atoms with Gasteiger partial charge in [0.15, 0.2) is 0 Å². The predicted octanol–water partition coefficient (Wildman–Crippen LogP) is -0.901. The molecule has 0 spiro atoms. The molecule has 1 unspecified atom stereocenters. The van der Waals surface area contributed by atoms with Gasteiger partial charge in [0.05, 0.1) is 29.1 Å². The molecule has 1 aromatic heterocycles. The summed E-state index contributed by atoms with van der Waals surface area (Å²) in [4.78, 5) is 30.8. The van der Waals surface area contributed by atoms with Gasteiger partial charge in [0.25, 0.3) is 0 Å². The van der Waals surface area contributed by atoms with Crippen LogP contribution < -0.4 is 11.0 Å². The number of nitrogens with one attached hydrogen (secondary N) is 3. The SMILES string of the molecule is Cl.O=C(C1COCCN1)N1CCN(S(=O)(=O)c2ccc3[nH]c(=O)[nH]c3c2)CC1. The van der Waals surface area contributed by atoms with Gasteiger partial charge in [-0.25, -0.2) is 13.2 Å². The Labute approximate surface area is 167 Å². The number of nitrogens with zero attached hydrogens (tertiary/aromatic N) is 2. The number of amides is 1. The molecule has 2 fully saturated rings. The van der Waals surface area contributed by atoms with Crippen molar-refractivity contribution in [3.05, 3.63) is 28.7 Å². The van der Waals surface area contributed by atoms with E-state index in [-0.39, 0.29) is 48.0 Å². The van der Waals surface area contributed by atoms with E-state index in [4.69, 9.17) is 4.74 Å². The van der Waals surface area contributed by atoms with E-state index in [1.54, 1.807) is 11.0 Å². The largest absolute Gasteiger partial charge is 0.378 e. The van der Waals surface area contributed by atoms with Crippen molar-refractivity contribution >= 4 is 39.4 Å². The van der Waals surface area contributed by atoms with Crippen LogP contribution in [0.3, 0.4) is 0 Å². The highest BCUT2D eigenvalue weighted by molar-refractivity contribution is 7.89. The zero-order chi connectivity index (χ0) is 19.0. The van der Waals surface area contributed by atoms with Crippen LogP contribution in [-0.4, -0.2) is 85.5 Å². The minimum atomic E-state index is -3.70. The van der Waals surface area contributed by atoms with Crippen LogP contribution in [0.25, 0.3) is 11.0 Å². The number of rotatable bonds is 3. The molecule has 4 rings (SSSR count). The van der Waals surface area contributed by atoms with Crippen LogP contribution >= 0.6 is 12.4 Å². The highest BCUT2D eigenvalue weighted by Gasteiger charge is 2.33. The Bertz CT molecular complexity index is 1010. The normalized spacial score (nSPS) is 21.4. The zero-order valence-corrected chi connectivity index (χ0v) is 16.6. The smallest absolute Gasteiger partial charge is 0.323 e. The summed E-state index contributed by atoms with van der Waals surface area (Å²) in [7, 11) is -3.70. The molecule has 0 bridgehead atoms. The fourth-order valence-electron chi connectivity index (χ4n) is 3.41. The van der Waals surface area contributed by atoms with E-state index in [9.17, 15) is 18.0 Å². The minimum Gasteiger partial charge on any atom is -0.378 e. The van der Waals surface area contributed by atoms with Gasteiger partial charge in [0.2, 0.25) is 15.9 Å². The van der Waals surface area contributed by atoms with Gasteiger partial charge in [-0.05, 0) is 18.2 Å².